The number of benzene rings is 1. The molecule has 1 aliphatic rings. The van der Waals surface area contributed by atoms with Crippen molar-refractivity contribution in [3.8, 4) is 22.9 Å². The van der Waals surface area contributed by atoms with E-state index < -0.39 is 11.8 Å². The summed E-state index contributed by atoms with van der Waals surface area (Å²) in [5.74, 6) is -1.32. The van der Waals surface area contributed by atoms with Crippen LogP contribution in [0.25, 0.3) is 22.9 Å². The molecule has 180 valence electrons. The van der Waals surface area contributed by atoms with Crippen molar-refractivity contribution in [2.45, 2.75) is 25.8 Å². The van der Waals surface area contributed by atoms with Crippen molar-refractivity contribution >= 4 is 11.8 Å². The lowest BCUT2D eigenvalue weighted by molar-refractivity contribution is -0.138. The van der Waals surface area contributed by atoms with Crippen molar-refractivity contribution in [1.82, 2.24) is 24.9 Å². The summed E-state index contributed by atoms with van der Waals surface area (Å²) < 4.78 is 35.5. The molecule has 0 bridgehead atoms. The molecule has 0 saturated carbocycles. The molecule has 1 saturated heterocycles. The van der Waals surface area contributed by atoms with Crippen LogP contribution in [0.5, 0.6) is 0 Å². The third-order valence-electron chi connectivity index (χ3n) is 6.09. The number of carboxylic acids is 1. The maximum atomic E-state index is 14.7. The van der Waals surface area contributed by atoms with Gasteiger partial charge in [-0.05, 0) is 30.9 Å². The van der Waals surface area contributed by atoms with Crippen molar-refractivity contribution in [3.63, 3.8) is 0 Å². The normalized spacial score (nSPS) is 14.4. The summed E-state index contributed by atoms with van der Waals surface area (Å²) in [7, 11) is 0. The fourth-order valence-corrected chi connectivity index (χ4v) is 4.28. The fourth-order valence-electron chi connectivity index (χ4n) is 4.28. The third kappa shape index (κ3) is 4.88. The van der Waals surface area contributed by atoms with Crippen LogP contribution in [0, 0.1) is 17.6 Å². The van der Waals surface area contributed by atoms with Crippen LogP contribution in [0.3, 0.4) is 0 Å². The number of carbonyl (C=O) groups is 1. The van der Waals surface area contributed by atoms with Gasteiger partial charge in [-0.15, -0.1) is 0 Å². The molecule has 0 amide bonds. The molecule has 0 aliphatic carbocycles. The molecule has 9 nitrogen and oxygen atoms in total. The van der Waals surface area contributed by atoms with Gasteiger partial charge >= 0.3 is 5.97 Å². The Hall–Kier alpha value is -4.15. The number of carboxylic acid groups (broad SMARTS) is 1. The highest BCUT2D eigenvalue weighted by atomic mass is 19.1. The highest BCUT2D eigenvalue weighted by molar-refractivity contribution is 5.67. The van der Waals surface area contributed by atoms with Crippen LogP contribution in [-0.2, 0) is 11.3 Å². The standard InChI is InChI=1S/C24H22F2N6O3/c25-17-4-2-1-3-16(17)14-32-21(19-7-10-35-30-19)12-20(29-32)23-27-13-18(26)24(28-23)31-8-5-15(6-9-31)11-22(33)34/h1-4,7,10,12-13,15H,5-6,8-9,11,14H2,(H,33,34). The Labute approximate surface area is 199 Å². The lowest BCUT2D eigenvalue weighted by Crippen LogP contribution is -2.35. The van der Waals surface area contributed by atoms with Crippen molar-refractivity contribution in [2.24, 2.45) is 5.92 Å². The van der Waals surface area contributed by atoms with Crippen molar-refractivity contribution < 1.29 is 23.2 Å². The van der Waals surface area contributed by atoms with Gasteiger partial charge in [-0.25, -0.2) is 18.7 Å². The summed E-state index contributed by atoms with van der Waals surface area (Å²) in [6.45, 7) is 1.13. The van der Waals surface area contributed by atoms with E-state index in [2.05, 4.69) is 20.2 Å². The van der Waals surface area contributed by atoms with Crippen LogP contribution in [-0.4, -0.2) is 49.1 Å². The number of hydrogen-bond donors (Lipinski definition) is 1. The maximum absolute atomic E-state index is 14.7. The van der Waals surface area contributed by atoms with E-state index in [0.29, 0.717) is 48.6 Å². The number of aromatic nitrogens is 5. The number of nitrogens with zero attached hydrogens (tertiary/aromatic N) is 6. The number of halogens is 2. The van der Waals surface area contributed by atoms with Crippen LogP contribution in [0.15, 0.2) is 53.4 Å². The van der Waals surface area contributed by atoms with Gasteiger partial charge in [0.25, 0.3) is 0 Å². The molecule has 11 heteroatoms. The van der Waals surface area contributed by atoms with E-state index in [4.69, 9.17) is 9.63 Å². The lowest BCUT2D eigenvalue weighted by atomic mass is 9.94. The predicted octanol–water partition coefficient (Wildman–Crippen LogP) is 4.01. The van der Waals surface area contributed by atoms with Gasteiger partial charge in [-0.3, -0.25) is 9.48 Å². The SMILES string of the molecule is O=C(O)CC1CCN(c2nc(-c3cc(-c4ccon4)n(Cc4ccccc4F)n3)ncc2F)CC1. The van der Waals surface area contributed by atoms with E-state index in [1.807, 2.05) is 0 Å². The Morgan fingerprint density at radius 2 is 1.91 bits per heavy atom. The molecule has 0 radical (unpaired) electrons. The van der Waals surface area contributed by atoms with Crippen molar-refractivity contribution in [3.05, 3.63) is 66.1 Å². The van der Waals surface area contributed by atoms with Crippen molar-refractivity contribution in [2.75, 3.05) is 18.0 Å². The van der Waals surface area contributed by atoms with Gasteiger partial charge in [-0.2, -0.15) is 5.10 Å². The first-order valence-electron chi connectivity index (χ1n) is 11.2. The molecule has 5 rings (SSSR count). The third-order valence-corrected chi connectivity index (χ3v) is 6.09. The van der Waals surface area contributed by atoms with Gasteiger partial charge in [0.15, 0.2) is 17.5 Å². The molecule has 1 fully saturated rings. The number of rotatable bonds is 7. The Kier molecular flexibility index (Phi) is 6.21. The molecular weight excluding hydrogens is 458 g/mol. The van der Waals surface area contributed by atoms with Gasteiger partial charge in [-0.1, -0.05) is 23.4 Å². The second kappa shape index (κ2) is 9.61. The van der Waals surface area contributed by atoms with E-state index in [0.717, 1.165) is 6.20 Å². The van der Waals surface area contributed by atoms with Gasteiger partial charge in [0.1, 0.15) is 23.5 Å². The zero-order valence-electron chi connectivity index (χ0n) is 18.6. The minimum atomic E-state index is -0.826. The highest BCUT2D eigenvalue weighted by Crippen LogP contribution is 2.29. The van der Waals surface area contributed by atoms with Crippen LogP contribution < -0.4 is 4.90 Å². The summed E-state index contributed by atoms with van der Waals surface area (Å²) in [4.78, 5) is 21.4. The summed E-state index contributed by atoms with van der Waals surface area (Å²) in [6, 6.07) is 9.78. The summed E-state index contributed by atoms with van der Waals surface area (Å²) in [5.41, 5.74) is 1.89. The van der Waals surface area contributed by atoms with Gasteiger partial charge in [0, 0.05) is 31.1 Å². The maximum Gasteiger partial charge on any atom is 0.303 e. The zero-order chi connectivity index (χ0) is 24.4. The summed E-state index contributed by atoms with van der Waals surface area (Å²) in [5, 5.41) is 17.6. The summed E-state index contributed by atoms with van der Waals surface area (Å²) in [6.07, 6.45) is 3.91. The minimum absolute atomic E-state index is 0.0622. The second-order valence-electron chi connectivity index (χ2n) is 8.44. The molecule has 0 atom stereocenters. The largest absolute Gasteiger partial charge is 0.481 e. The fraction of sp³-hybridized carbons (Fsp3) is 0.292. The van der Waals surface area contributed by atoms with Gasteiger partial charge < -0.3 is 14.5 Å². The molecule has 0 unspecified atom stereocenters. The van der Waals surface area contributed by atoms with Crippen LogP contribution in [0.4, 0.5) is 14.6 Å². The quantitative estimate of drug-likeness (QED) is 0.423. The molecule has 0 spiro atoms. The Bertz CT molecular complexity index is 1330. The predicted molar refractivity (Wildman–Crippen MR) is 121 cm³/mol. The van der Waals surface area contributed by atoms with E-state index in [-0.39, 0.29) is 36.3 Å². The number of piperidine rings is 1. The van der Waals surface area contributed by atoms with Gasteiger partial charge in [0.2, 0.25) is 0 Å². The first kappa shape index (κ1) is 22.6. The first-order chi connectivity index (χ1) is 17.0. The Morgan fingerprint density at radius 3 is 2.63 bits per heavy atom. The molecule has 4 heterocycles. The highest BCUT2D eigenvalue weighted by Gasteiger charge is 2.25. The first-order valence-corrected chi connectivity index (χ1v) is 11.2. The minimum Gasteiger partial charge on any atom is -0.481 e. The summed E-state index contributed by atoms with van der Waals surface area (Å²) >= 11 is 0. The van der Waals surface area contributed by atoms with Crippen LogP contribution >= 0.6 is 0 Å². The zero-order valence-corrected chi connectivity index (χ0v) is 18.6. The monoisotopic (exact) mass is 480 g/mol. The molecule has 1 N–H and O–H groups in total. The van der Waals surface area contributed by atoms with E-state index in [9.17, 15) is 13.6 Å². The van der Waals surface area contributed by atoms with Crippen molar-refractivity contribution in [1.29, 1.82) is 0 Å². The molecule has 35 heavy (non-hydrogen) atoms. The number of anilines is 1. The average Bonchev–Trinajstić information content (AvgIpc) is 3.51. The topological polar surface area (TPSA) is 110 Å². The molecular formula is C24H22F2N6O3. The molecule has 1 aliphatic heterocycles. The second-order valence-corrected chi connectivity index (χ2v) is 8.44. The van der Waals surface area contributed by atoms with E-state index in [1.54, 1.807) is 39.9 Å². The van der Waals surface area contributed by atoms with Crippen LogP contribution in [0.2, 0.25) is 0 Å². The smallest absolute Gasteiger partial charge is 0.303 e. The molecule has 1 aromatic carbocycles. The van der Waals surface area contributed by atoms with Crippen LogP contribution in [0.1, 0.15) is 24.8 Å². The Balaban J connectivity index is 1.45. The average molecular weight is 480 g/mol. The number of hydrogen-bond acceptors (Lipinski definition) is 7. The number of aliphatic carboxylic acids is 1. The molecule has 3 aromatic heterocycles. The lowest BCUT2D eigenvalue weighted by Gasteiger charge is -2.32. The Morgan fingerprint density at radius 1 is 1.11 bits per heavy atom. The molecule has 4 aromatic rings. The van der Waals surface area contributed by atoms with E-state index in [1.165, 1.54) is 12.3 Å². The van der Waals surface area contributed by atoms with E-state index >= 15 is 0 Å². The van der Waals surface area contributed by atoms with Gasteiger partial charge in [0.05, 0.1) is 18.4 Å².